The van der Waals surface area contributed by atoms with E-state index in [1.165, 1.54) is 0 Å². The van der Waals surface area contributed by atoms with E-state index in [1.54, 1.807) is 23.2 Å². The smallest absolute Gasteiger partial charge is 0.274 e. The van der Waals surface area contributed by atoms with Crippen LogP contribution < -0.4 is 4.74 Å². The van der Waals surface area contributed by atoms with Crippen molar-refractivity contribution in [1.29, 1.82) is 0 Å². The van der Waals surface area contributed by atoms with Crippen LogP contribution >= 0.6 is 11.6 Å². The molecule has 2 aromatic heterocycles. The summed E-state index contributed by atoms with van der Waals surface area (Å²) in [6.07, 6.45) is 1.71. The number of halogens is 1. The molecule has 28 heavy (non-hydrogen) atoms. The molecule has 144 valence electrons. The van der Waals surface area contributed by atoms with Crippen molar-refractivity contribution < 1.29 is 9.53 Å². The molecule has 0 N–H and O–H groups in total. The van der Waals surface area contributed by atoms with Crippen LogP contribution in [0.25, 0.3) is 0 Å². The Morgan fingerprint density at radius 1 is 1.07 bits per heavy atom. The van der Waals surface area contributed by atoms with Gasteiger partial charge in [0.15, 0.2) is 5.69 Å². The SMILES string of the molecule is CCOc1ccc(Cl)c(C(=O)N(Cc2ccccn2)Cc2ccccc2C)n1. The van der Waals surface area contributed by atoms with Crippen LogP contribution in [0.4, 0.5) is 0 Å². The Morgan fingerprint density at radius 3 is 2.57 bits per heavy atom. The standard InChI is InChI=1S/C22H22ClN3O2/c1-3-28-20-12-11-19(23)21(25-20)22(27)26(15-18-10-6-7-13-24-18)14-17-9-5-4-8-16(17)2/h4-13H,3,14-15H2,1-2H3. The number of benzene rings is 1. The molecule has 3 rings (SSSR count). The van der Waals surface area contributed by atoms with Gasteiger partial charge < -0.3 is 9.64 Å². The van der Waals surface area contributed by atoms with E-state index in [1.807, 2.05) is 56.3 Å². The molecule has 0 aliphatic rings. The molecular weight excluding hydrogens is 374 g/mol. The maximum Gasteiger partial charge on any atom is 0.274 e. The second-order valence-electron chi connectivity index (χ2n) is 6.32. The first kappa shape index (κ1) is 19.8. The Bertz CT molecular complexity index is 948. The van der Waals surface area contributed by atoms with Crippen molar-refractivity contribution in [3.8, 4) is 5.88 Å². The number of pyridine rings is 2. The molecule has 0 bridgehead atoms. The minimum Gasteiger partial charge on any atom is -0.478 e. The lowest BCUT2D eigenvalue weighted by atomic mass is 10.1. The largest absolute Gasteiger partial charge is 0.478 e. The average molecular weight is 396 g/mol. The Kier molecular flexibility index (Phi) is 6.61. The van der Waals surface area contributed by atoms with Gasteiger partial charge in [0.1, 0.15) is 0 Å². The van der Waals surface area contributed by atoms with Gasteiger partial charge in [-0.25, -0.2) is 4.98 Å². The lowest BCUT2D eigenvalue weighted by molar-refractivity contribution is 0.0720. The minimum absolute atomic E-state index is 0.178. The molecule has 0 aliphatic heterocycles. The molecule has 2 heterocycles. The summed E-state index contributed by atoms with van der Waals surface area (Å²) >= 11 is 6.29. The first-order valence-corrected chi connectivity index (χ1v) is 9.49. The highest BCUT2D eigenvalue weighted by molar-refractivity contribution is 6.33. The van der Waals surface area contributed by atoms with Crippen molar-refractivity contribution in [2.24, 2.45) is 0 Å². The van der Waals surface area contributed by atoms with Crippen LogP contribution in [0.2, 0.25) is 5.02 Å². The van der Waals surface area contributed by atoms with Gasteiger partial charge in [-0.2, -0.15) is 0 Å². The molecule has 1 amide bonds. The number of aromatic nitrogens is 2. The molecule has 0 radical (unpaired) electrons. The quantitative estimate of drug-likeness (QED) is 0.582. The van der Waals surface area contributed by atoms with E-state index < -0.39 is 0 Å². The maximum absolute atomic E-state index is 13.3. The fraction of sp³-hybridized carbons (Fsp3) is 0.227. The highest BCUT2D eigenvalue weighted by Crippen LogP contribution is 2.22. The summed E-state index contributed by atoms with van der Waals surface area (Å²) in [6, 6.07) is 16.9. The molecule has 3 aromatic rings. The molecule has 0 atom stereocenters. The molecule has 0 spiro atoms. The molecular formula is C22H22ClN3O2. The van der Waals surface area contributed by atoms with Crippen molar-refractivity contribution in [2.45, 2.75) is 26.9 Å². The van der Waals surface area contributed by atoms with Crippen LogP contribution in [0, 0.1) is 6.92 Å². The van der Waals surface area contributed by atoms with Gasteiger partial charge in [0.25, 0.3) is 5.91 Å². The topological polar surface area (TPSA) is 55.3 Å². The molecule has 0 fully saturated rings. The number of nitrogens with zero attached hydrogens (tertiary/aromatic N) is 3. The van der Waals surface area contributed by atoms with E-state index in [-0.39, 0.29) is 11.6 Å². The normalized spacial score (nSPS) is 10.5. The number of ether oxygens (including phenoxy) is 1. The van der Waals surface area contributed by atoms with E-state index in [4.69, 9.17) is 16.3 Å². The Balaban J connectivity index is 1.94. The fourth-order valence-electron chi connectivity index (χ4n) is 2.83. The number of aryl methyl sites for hydroxylation is 1. The molecule has 5 nitrogen and oxygen atoms in total. The van der Waals surface area contributed by atoms with Crippen LogP contribution in [0.3, 0.4) is 0 Å². The molecule has 0 aliphatic carbocycles. The summed E-state index contributed by atoms with van der Waals surface area (Å²) in [5.41, 5.74) is 3.14. The van der Waals surface area contributed by atoms with Crippen LogP contribution in [0.1, 0.15) is 34.2 Å². The van der Waals surface area contributed by atoms with Gasteiger partial charge in [-0.3, -0.25) is 9.78 Å². The molecule has 0 saturated heterocycles. The Labute approximate surface area is 170 Å². The average Bonchev–Trinajstić information content (AvgIpc) is 2.71. The third-order valence-electron chi connectivity index (χ3n) is 4.30. The fourth-order valence-corrected chi connectivity index (χ4v) is 3.02. The van der Waals surface area contributed by atoms with E-state index in [2.05, 4.69) is 9.97 Å². The highest BCUT2D eigenvalue weighted by Gasteiger charge is 2.22. The Morgan fingerprint density at radius 2 is 1.86 bits per heavy atom. The van der Waals surface area contributed by atoms with Crippen LogP contribution in [-0.2, 0) is 13.1 Å². The second kappa shape index (κ2) is 9.33. The summed E-state index contributed by atoms with van der Waals surface area (Å²) in [4.78, 5) is 23.7. The predicted molar refractivity (Wildman–Crippen MR) is 109 cm³/mol. The number of carbonyl (C=O) groups is 1. The number of hydrogen-bond acceptors (Lipinski definition) is 4. The van der Waals surface area contributed by atoms with Gasteiger partial charge in [-0.05, 0) is 43.2 Å². The molecule has 0 saturated carbocycles. The van der Waals surface area contributed by atoms with Gasteiger partial charge in [0.05, 0.1) is 23.9 Å². The van der Waals surface area contributed by atoms with Crippen molar-refractivity contribution in [3.63, 3.8) is 0 Å². The van der Waals surface area contributed by atoms with E-state index in [0.717, 1.165) is 16.8 Å². The first-order valence-electron chi connectivity index (χ1n) is 9.11. The van der Waals surface area contributed by atoms with E-state index >= 15 is 0 Å². The number of carbonyl (C=O) groups excluding carboxylic acids is 1. The zero-order chi connectivity index (χ0) is 19.9. The number of hydrogen-bond donors (Lipinski definition) is 0. The third-order valence-corrected chi connectivity index (χ3v) is 4.61. The first-order chi connectivity index (χ1) is 13.6. The third kappa shape index (κ3) is 4.87. The number of amides is 1. The summed E-state index contributed by atoms with van der Waals surface area (Å²) in [5, 5.41) is 0.296. The summed E-state index contributed by atoms with van der Waals surface area (Å²) < 4.78 is 5.43. The van der Waals surface area contributed by atoms with Gasteiger partial charge in [-0.1, -0.05) is 41.9 Å². The summed E-state index contributed by atoms with van der Waals surface area (Å²) in [5.74, 6) is 0.115. The molecule has 0 unspecified atom stereocenters. The molecule has 6 heteroatoms. The van der Waals surface area contributed by atoms with Crippen molar-refractivity contribution in [2.75, 3.05) is 6.61 Å². The van der Waals surface area contributed by atoms with E-state index in [0.29, 0.717) is 30.6 Å². The van der Waals surface area contributed by atoms with E-state index in [9.17, 15) is 4.79 Å². The minimum atomic E-state index is -0.263. The monoisotopic (exact) mass is 395 g/mol. The zero-order valence-corrected chi connectivity index (χ0v) is 16.7. The summed E-state index contributed by atoms with van der Waals surface area (Å²) in [7, 11) is 0. The van der Waals surface area contributed by atoms with Gasteiger partial charge >= 0.3 is 0 Å². The number of rotatable bonds is 7. The van der Waals surface area contributed by atoms with Gasteiger partial charge in [0.2, 0.25) is 5.88 Å². The van der Waals surface area contributed by atoms with Crippen LogP contribution in [0.15, 0.2) is 60.8 Å². The lowest BCUT2D eigenvalue weighted by Gasteiger charge is -2.23. The zero-order valence-electron chi connectivity index (χ0n) is 15.9. The molecule has 1 aromatic carbocycles. The van der Waals surface area contributed by atoms with Gasteiger partial charge in [0, 0.05) is 18.8 Å². The van der Waals surface area contributed by atoms with Crippen LogP contribution in [0.5, 0.6) is 5.88 Å². The van der Waals surface area contributed by atoms with Crippen LogP contribution in [-0.4, -0.2) is 27.4 Å². The Hall–Kier alpha value is -2.92. The van der Waals surface area contributed by atoms with Crippen molar-refractivity contribution >= 4 is 17.5 Å². The van der Waals surface area contributed by atoms with Gasteiger partial charge in [-0.15, -0.1) is 0 Å². The lowest BCUT2D eigenvalue weighted by Crippen LogP contribution is -2.31. The second-order valence-corrected chi connectivity index (χ2v) is 6.73. The summed E-state index contributed by atoms with van der Waals surface area (Å²) in [6.45, 7) is 5.13. The maximum atomic E-state index is 13.3. The predicted octanol–water partition coefficient (Wildman–Crippen LogP) is 4.68. The van der Waals surface area contributed by atoms with Crippen molar-refractivity contribution in [1.82, 2.24) is 14.9 Å². The van der Waals surface area contributed by atoms with Crippen molar-refractivity contribution in [3.05, 3.63) is 88.3 Å². The highest BCUT2D eigenvalue weighted by atomic mass is 35.5.